The molecule has 0 amide bonds. The molecule has 0 aliphatic heterocycles. The first-order valence-corrected chi connectivity index (χ1v) is 6.63. The maximum atomic E-state index is 5.69. The summed E-state index contributed by atoms with van der Waals surface area (Å²) in [7, 11) is 1.66. The Morgan fingerprint density at radius 1 is 1.10 bits per heavy atom. The summed E-state index contributed by atoms with van der Waals surface area (Å²) in [6, 6.07) is 9.71. The van der Waals surface area contributed by atoms with Crippen LogP contribution in [0.25, 0.3) is 0 Å². The summed E-state index contributed by atoms with van der Waals surface area (Å²) in [6.45, 7) is 2.83. The largest absolute Gasteiger partial charge is 0.495 e. The van der Waals surface area contributed by atoms with Gasteiger partial charge in [-0.05, 0) is 24.3 Å². The van der Waals surface area contributed by atoms with Gasteiger partial charge in [0.1, 0.15) is 5.75 Å². The Hall–Kier alpha value is -1.98. The predicted molar refractivity (Wildman–Crippen MR) is 78.2 cm³/mol. The lowest BCUT2D eigenvalue weighted by molar-refractivity contribution is 0.253. The molecule has 0 aliphatic rings. The first-order chi connectivity index (χ1) is 9.83. The SMILES string of the molecule is COc1cccnc1CN(CCN)Cc1ccccn1. The van der Waals surface area contributed by atoms with E-state index in [0.717, 1.165) is 30.2 Å². The normalized spacial score (nSPS) is 10.8. The highest BCUT2D eigenvalue weighted by Gasteiger charge is 2.11. The number of pyridine rings is 2. The van der Waals surface area contributed by atoms with Crippen molar-refractivity contribution in [1.29, 1.82) is 0 Å². The molecular formula is C15H20N4O. The third-order valence-electron chi connectivity index (χ3n) is 3.00. The molecule has 0 fully saturated rings. The fraction of sp³-hybridized carbons (Fsp3) is 0.333. The number of methoxy groups -OCH3 is 1. The average Bonchev–Trinajstić information content (AvgIpc) is 2.49. The Bertz CT molecular complexity index is 518. The summed E-state index contributed by atoms with van der Waals surface area (Å²) in [6.07, 6.45) is 3.58. The highest BCUT2D eigenvalue weighted by Crippen LogP contribution is 2.17. The van der Waals surface area contributed by atoms with Crippen molar-refractivity contribution >= 4 is 0 Å². The quantitative estimate of drug-likeness (QED) is 0.826. The number of aromatic nitrogens is 2. The van der Waals surface area contributed by atoms with Crippen LogP contribution in [0.15, 0.2) is 42.7 Å². The van der Waals surface area contributed by atoms with E-state index in [-0.39, 0.29) is 0 Å². The van der Waals surface area contributed by atoms with E-state index in [0.29, 0.717) is 13.1 Å². The summed E-state index contributed by atoms with van der Waals surface area (Å²) in [5.74, 6) is 0.801. The molecular weight excluding hydrogens is 252 g/mol. The highest BCUT2D eigenvalue weighted by molar-refractivity contribution is 5.26. The van der Waals surface area contributed by atoms with E-state index in [2.05, 4.69) is 14.9 Å². The molecule has 2 rings (SSSR count). The van der Waals surface area contributed by atoms with Gasteiger partial charge in [0.2, 0.25) is 0 Å². The van der Waals surface area contributed by atoms with Gasteiger partial charge >= 0.3 is 0 Å². The highest BCUT2D eigenvalue weighted by atomic mass is 16.5. The van der Waals surface area contributed by atoms with Crippen LogP contribution in [0.4, 0.5) is 0 Å². The minimum Gasteiger partial charge on any atom is -0.495 e. The second kappa shape index (κ2) is 7.57. The topological polar surface area (TPSA) is 64.3 Å². The fourth-order valence-electron chi connectivity index (χ4n) is 2.06. The first-order valence-electron chi connectivity index (χ1n) is 6.63. The minimum atomic E-state index is 0.599. The molecule has 106 valence electrons. The van der Waals surface area contributed by atoms with Crippen LogP contribution in [0.1, 0.15) is 11.4 Å². The molecule has 0 spiro atoms. The van der Waals surface area contributed by atoms with Crippen molar-refractivity contribution in [3.8, 4) is 5.75 Å². The number of hydrogen-bond acceptors (Lipinski definition) is 5. The Balaban J connectivity index is 2.09. The van der Waals surface area contributed by atoms with E-state index < -0.39 is 0 Å². The van der Waals surface area contributed by atoms with Crippen molar-refractivity contribution in [2.45, 2.75) is 13.1 Å². The third kappa shape index (κ3) is 4.01. The van der Waals surface area contributed by atoms with Gasteiger partial charge in [-0.1, -0.05) is 6.07 Å². The summed E-state index contributed by atoms with van der Waals surface area (Å²) in [4.78, 5) is 11.0. The Morgan fingerprint density at radius 2 is 1.95 bits per heavy atom. The zero-order chi connectivity index (χ0) is 14.2. The first kappa shape index (κ1) is 14.4. The summed E-state index contributed by atoms with van der Waals surface area (Å²) >= 11 is 0. The van der Waals surface area contributed by atoms with Crippen LogP contribution in [0.3, 0.4) is 0 Å². The Labute approximate surface area is 119 Å². The molecule has 2 N–H and O–H groups in total. The molecule has 0 saturated heterocycles. The molecule has 2 aromatic heterocycles. The van der Waals surface area contributed by atoms with Crippen molar-refractivity contribution in [2.75, 3.05) is 20.2 Å². The second-order valence-corrected chi connectivity index (χ2v) is 4.47. The lowest BCUT2D eigenvalue weighted by atomic mass is 10.2. The Kier molecular flexibility index (Phi) is 5.46. The van der Waals surface area contributed by atoms with Gasteiger partial charge in [0, 0.05) is 38.6 Å². The zero-order valence-electron chi connectivity index (χ0n) is 11.7. The van der Waals surface area contributed by atoms with E-state index in [4.69, 9.17) is 10.5 Å². The van der Waals surface area contributed by atoms with Crippen LogP contribution in [-0.2, 0) is 13.1 Å². The number of hydrogen-bond donors (Lipinski definition) is 1. The lowest BCUT2D eigenvalue weighted by Gasteiger charge is -2.21. The molecule has 5 heteroatoms. The molecule has 2 aromatic rings. The van der Waals surface area contributed by atoms with Crippen molar-refractivity contribution in [2.24, 2.45) is 5.73 Å². The molecule has 0 bridgehead atoms. The van der Waals surface area contributed by atoms with Crippen LogP contribution in [0.2, 0.25) is 0 Å². The van der Waals surface area contributed by atoms with E-state index in [1.807, 2.05) is 30.3 Å². The average molecular weight is 272 g/mol. The molecule has 5 nitrogen and oxygen atoms in total. The van der Waals surface area contributed by atoms with Crippen LogP contribution in [-0.4, -0.2) is 35.1 Å². The van der Waals surface area contributed by atoms with Crippen molar-refractivity contribution in [3.63, 3.8) is 0 Å². The molecule has 0 unspecified atom stereocenters. The summed E-state index contributed by atoms with van der Waals surface area (Å²) < 4.78 is 5.34. The van der Waals surface area contributed by atoms with Gasteiger partial charge in [0.05, 0.1) is 18.5 Å². The molecule has 0 saturated carbocycles. The van der Waals surface area contributed by atoms with Gasteiger partial charge in [-0.2, -0.15) is 0 Å². The van der Waals surface area contributed by atoms with Crippen molar-refractivity contribution in [1.82, 2.24) is 14.9 Å². The maximum Gasteiger partial charge on any atom is 0.141 e. The van der Waals surface area contributed by atoms with E-state index in [1.54, 1.807) is 19.5 Å². The van der Waals surface area contributed by atoms with Gasteiger partial charge in [0.25, 0.3) is 0 Å². The van der Waals surface area contributed by atoms with Gasteiger partial charge in [-0.15, -0.1) is 0 Å². The molecule has 2 heterocycles. The number of ether oxygens (including phenoxy) is 1. The predicted octanol–water partition coefficient (Wildman–Crippen LogP) is 1.45. The zero-order valence-corrected chi connectivity index (χ0v) is 11.7. The number of nitrogens with zero attached hydrogens (tertiary/aromatic N) is 3. The van der Waals surface area contributed by atoms with Gasteiger partial charge in [0.15, 0.2) is 0 Å². The standard InChI is InChI=1S/C15H20N4O/c1-20-15-6-4-9-18-14(15)12-19(10-7-16)11-13-5-2-3-8-17-13/h2-6,8-9H,7,10-12,16H2,1H3. The van der Waals surface area contributed by atoms with Crippen LogP contribution in [0, 0.1) is 0 Å². The number of rotatable bonds is 7. The van der Waals surface area contributed by atoms with Gasteiger partial charge in [-0.25, -0.2) is 0 Å². The van der Waals surface area contributed by atoms with Crippen LogP contribution in [0.5, 0.6) is 5.75 Å². The Morgan fingerprint density at radius 3 is 2.65 bits per heavy atom. The number of nitrogens with two attached hydrogens (primary N) is 1. The third-order valence-corrected chi connectivity index (χ3v) is 3.00. The van der Waals surface area contributed by atoms with Gasteiger partial charge in [-0.3, -0.25) is 14.9 Å². The maximum absolute atomic E-state index is 5.69. The summed E-state index contributed by atoms with van der Waals surface area (Å²) in [5.41, 5.74) is 7.63. The van der Waals surface area contributed by atoms with E-state index >= 15 is 0 Å². The molecule has 0 aromatic carbocycles. The monoisotopic (exact) mass is 272 g/mol. The lowest BCUT2D eigenvalue weighted by Crippen LogP contribution is -2.29. The molecule has 20 heavy (non-hydrogen) atoms. The van der Waals surface area contributed by atoms with E-state index in [1.165, 1.54) is 0 Å². The molecule has 0 aliphatic carbocycles. The molecule has 0 atom stereocenters. The smallest absolute Gasteiger partial charge is 0.141 e. The van der Waals surface area contributed by atoms with E-state index in [9.17, 15) is 0 Å². The van der Waals surface area contributed by atoms with Crippen molar-refractivity contribution < 1.29 is 4.74 Å². The van der Waals surface area contributed by atoms with Crippen molar-refractivity contribution in [3.05, 3.63) is 54.1 Å². The molecule has 0 radical (unpaired) electrons. The minimum absolute atomic E-state index is 0.599. The fourth-order valence-corrected chi connectivity index (χ4v) is 2.06. The van der Waals surface area contributed by atoms with Gasteiger partial charge < -0.3 is 10.5 Å². The van der Waals surface area contributed by atoms with Crippen LogP contribution < -0.4 is 10.5 Å². The van der Waals surface area contributed by atoms with Crippen LogP contribution >= 0.6 is 0 Å². The second-order valence-electron chi connectivity index (χ2n) is 4.47. The summed E-state index contributed by atoms with van der Waals surface area (Å²) in [5, 5.41) is 0.